The van der Waals surface area contributed by atoms with E-state index in [1.54, 1.807) is 7.11 Å². The summed E-state index contributed by atoms with van der Waals surface area (Å²) in [5, 5.41) is 3.24. The molecule has 1 aromatic carbocycles. The van der Waals surface area contributed by atoms with E-state index in [1.807, 2.05) is 7.05 Å². The minimum absolute atomic E-state index is 0.246. The number of hydrogen-bond acceptors (Lipinski definition) is 2. The molecule has 0 heterocycles. The first-order valence-electron chi connectivity index (χ1n) is 5.76. The molecule has 1 rings (SSSR count). The first-order chi connectivity index (χ1) is 7.48. The molecule has 2 heteroatoms. The Labute approximate surface area is 99.0 Å². The molecular weight excluding hydrogens is 198 g/mol. The number of hydrogen-bond donors (Lipinski definition) is 1. The molecule has 0 saturated heterocycles. The molecule has 0 aliphatic heterocycles. The minimum Gasteiger partial charge on any atom is -0.496 e. The van der Waals surface area contributed by atoms with Crippen molar-refractivity contribution in [2.24, 2.45) is 5.41 Å². The summed E-state index contributed by atoms with van der Waals surface area (Å²) in [5.41, 5.74) is 2.83. The largest absolute Gasteiger partial charge is 0.496 e. The second kappa shape index (κ2) is 5.35. The van der Waals surface area contributed by atoms with Crippen molar-refractivity contribution in [3.05, 3.63) is 29.3 Å². The third kappa shape index (κ3) is 3.53. The highest BCUT2D eigenvalue weighted by Gasteiger charge is 2.19. The third-order valence-electron chi connectivity index (χ3n) is 2.76. The summed E-state index contributed by atoms with van der Waals surface area (Å²) < 4.78 is 5.40. The van der Waals surface area contributed by atoms with Crippen LogP contribution in [-0.4, -0.2) is 20.7 Å². The molecule has 0 atom stereocenters. The van der Waals surface area contributed by atoms with Gasteiger partial charge in [0, 0.05) is 6.54 Å². The van der Waals surface area contributed by atoms with Gasteiger partial charge < -0.3 is 10.1 Å². The number of rotatable bonds is 5. The molecule has 0 aromatic heterocycles. The van der Waals surface area contributed by atoms with E-state index in [4.69, 9.17) is 4.74 Å². The predicted molar refractivity (Wildman–Crippen MR) is 69.1 cm³/mol. The summed E-state index contributed by atoms with van der Waals surface area (Å²) in [4.78, 5) is 0. The van der Waals surface area contributed by atoms with E-state index in [1.165, 1.54) is 11.1 Å². The Morgan fingerprint density at radius 3 is 2.56 bits per heavy atom. The van der Waals surface area contributed by atoms with E-state index < -0.39 is 0 Å². The zero-order valence-electron chi connectivity index (χ0n) is 11.1. The molecule has 0 saturated carbocycles. The maximum atomic E-state index is 5.40. The van der Waals surface area contributed by atoms with Crippen molar-refractivity contribution in [3.63, 3.8) is 0 Å². The molecule has 0 amide bonds. The van der Waals surface area contributed by atoms with Crippen molar-refractivity contribution in [2.45, 2.75) is 27.2 Å². The lowest BCUT2D eigenvalue weighted by molar-refractivity contribution is 0.338. The Kier molecular flexibility index (Phi) is 4.36. The van der Waals surface area contributed by atoms with Gasteiger partial charge in [0.05, 0.1) is 7.11 Å². The van der Waals surface area contributed by atoms with E-state index >= 15 is 0 Å². The molecule has 0 bridgehead atoms. The number of ether oxygens (including phenoxy) is 1. The molecule has 1 aromatic rings. The lowest BCUT2D eigenvalue weighted by Crippen LogP contribution is -2.28. The van der Waals surface area contributed by atoms with Crippen LogP contribution in [0.5, 0.6) is 5.75 Å². The SMILES string of the molecule is CNCC(C)(C)Cc1cc(C)ccc1OC. The van der Waals surface area contributed by atoms with Crippen LogP contribution in [-0.2, 0) is 6.42 Å². The quantitative estimate of drug-likeness (QED) is 0.825. The summed E-state index contributed by atoms with van der Waals surface area (Å²) in [6.07, 6.45) is 1.03. The van der Waals surface area contributed by atoms with E-state index in [0.717, 1.165) is 18.7 Å². The van der Waals surface area contributed by atoms with Crippen molar-refractivity contribution >= 4 is 0 Å². The highest BCUT2D eigenvalue weighted by Crippen LogP contribution is 2.28. The summed E-state index contributed by atoms with van der Waals surface area (Å²) in [7, 11) is 3.73. The van der Waals surface area contributed by atoms with Crippen LogP contribution < -0.4 is 10.1 Å². The molecule has 0 fully saturated rings. The lowest BCUT2D eigenvalue weighted by atomic mass is 9.85. The molecule has 0 aliphatic carbocycles. The minimum atomic E-state index is 0.246. The maximum absolute atomic E-state index is 5.40. The van der Waals surface area contributed by atoms with Crippen molar-refractivity contribution in [3.8, 4) is 5.75 Å². The number of benzene rings is 1. The summed E-state index contributed by atoms with van der Waals surface area (Å²) in [6.45, 7) is 7.66. The summed E-state index contributed by atoms with van der Waals surface area (Å²) >= 11 is 0. The van der Waals surface area contributed by atoms with Gasteiger partial charge in [-0.1, -0.05) is 31.5 Å². The third-order valence-corrected chi connectivity index (χ3v) is 2.76. The summed E-state index contributed by atoms with van der Waals surface area (Å²) in [5.74, 6) is 0.995. The van der Waals surface area contributed by atoms with Gasteiger partial charge in [-0.15, -0.1) is 0 Å². The van der Waals surface area contributed by atoms with Gasteiger partial charge in [-0.3, -0.25) is 0 Å². The Balaban J connectivity index is 2.90. The average Bonchev–Trinajstić information content (AvgIpc) is 2.17. The van der Waals surface area contributed by atoms with Crippen LogP contribution in [0.15, 0.2) is 18.2 Å². The molecule has 2 nitrogen and oxygen atoms in total. The standard InChI is InChI=1S/C14H23NO/c1-11-6-7-13(16-5)12(8-11)9-14(2,3)10-15-4/h6-8,15H,9-10H2,1-5H3. The maximum Gasteiger partial charge on any atom is 0.122 e. The van der Waals surface area contributed by atoms with Gasteiger partial charge in [0.15, 0.2) is 0 Å². The van der Waals surface area contributed by atoms with Gasteiger partial charge in [-0.25, -0.2) is 0 Å². The Bertz CT molecular complexity index is 345. The topological polar surface area (TPSA) is 21.3 Å². The second-order valence-corrected chi connectivity index (χ2v) is 5.19. The normalized spacial score (nSPS) is 11.6. The zero-order chi connectivity index (χ0) is 12.2. The fraction of sp³-hybridized carbons (Fsp3) is 0.571. The Morgan fingerprint density at radius 2 is 2.00 bits per heavy atom. The lowest BCUT2D eigenvalue weighted by Gasteiger charge is -2.25. The van der Waals surface area contributed by atoms with Crippen LogP contribution in [0.2, 0.25) is 0 Å². The van der Waals surface area contributed by atoms with Gasteiger partial charge in [0.2, 0.25) is 0 Å². The first-order valence-corrected chi connectivity index (χ1v) is 5.76. The molecular formula is C14H23NO. The molecule has 1 N–H and O–H groups in total. The smallest absolute Gasteiger partial charge is 0.122 e. The van der Waals surface area contributed by atoms with Crippen LogP contribution in [0.1, 0.15) is 25.0 Å². The monoisotopic (exact) mass is 221 g/mol. The van der Waals surface area contributed by atoms with E-state index in [-0.39, 0.29) is 5.41 Å². The molecule has 0 spiro atoms. The Morgan fingerprint density at radius 1 is 1.31 bits per heavy atom. The molecule has 0 unspecified atom stereocenters. The average molecular weight is 221 g/mol. The predicted octanol–water partition coefficient (Wildman–Crippen LogP) is 2.79. The molecule has 16 heavy (non-hydrogen) atoms. The molecule has 0 aliphatic rings. The Hall–Kier alpha value is -1.02. The van der Waals surface area contributed by atoms with Crippen molar-refractivity contribution in [1.82, 2.24) is 5.32 Å². The van der Waals surface area contributed by atoms with E-state index in [0.29, 0.717) is 0 Å². The van der Waals surface area contributed by atoms with Crippen molar-refractivity contribution < 1.29 is 4.74 Å². The van der Waals surface area contributed by atoms with Crippen molar-refractivity contribution in [1.29, 1.82) is 0 Å². The number of nitrogens with one attached hydrogen (secondary N) is 1. The first kappa shape index (κ1) is 13.0. The molecule has 0 radical (unpaired) electrons. The van der Waals surface area contributed by atoms with Crippen LogP contribution in [0.4, 0.5) is 0 Å². The van der Waals surface area contributed by atoms with Crippen LogP contribution in [0.3, 0.4) is 0 Å². The highest BCUT2D eigenvalue weighted by molar-refractivity contribution is 5.37. The van der Waals surface area contributed by atoms with E-state index in [2.05, 4.69) is 44.3 Å². The number of aryl methyl sites for hydroxylation is 1. The van der Waals surface area contributed by atoms with Crippen LogP contribution in [0, 0.1) is 12.3 Å². The highest BCUT2D eigenvalue weighted by atomic mass is 16.5. The van der Waals surface area contributed by atoms with Gasteiger partial charge >= 0.3 is 0 Å². The fourth-order valence-corrected chi connectivity index (χ4v) is 2.10. The zero-order valence-corrected chi connectivity index (χ0v) is 11.1. The molecule has 90 valence electrons. The van der Waals surface area contributed by atoms with Gasteiger partial charge in [-0.2, -0.15) is 0 Å². The van der Waals surface area contributed by atoms with Crippen LogP contribution >= 0.6 is 0 Å². The van der Waals surface area contributed by atoms with Crippen LogP contribution in [0.25, 0.3) is 0 Å². The van der Waals surface area contributed by atoms with E-state index in [9.17, 15) is 0 Å². The fourth-order valence-electron chi connectivity index (χ4n) is 2.10. The number of methoxy groups -OCH3 is 1. The summed E-state index contributed by atoms with van der Waals surface area (Å²) in [6, 6.07) is 6.36. The van der Waals surface area contributed by atoms with Crippen molar-refractivity contribution in [2.75, 3.05) is 20.7 Å². The van der Waals surface area contributed by atoms with Gasteiger partial charge in [0.1, 0.15) is 5.75 Å². The van der Waals surface area contributed by atoms with Gasteiger partial charge in [-0.05, 0) is 37.4 Å². The second-order valence-electron chi connectivity index (χ2n) is 5.19. The van der Waals surface area contributed by atoms with Gasteiger partial charge in [0.25, 0.3) is 0 Å².